The lowest BCUT2D eigenvalue weighted by Crippen LogP contribution is -2.38. The first-order valence-corrected chi connectivity index (χ1v) is 7.67. The van der Waals surface area contributed by atoms with Gasteiger partial charge in [0.05, 0.1) is 17.3 Å². The van der Waals surface area contributed by atoms with Crippen molar-refractivity contribution >= 4 is 16.8 Å². The van der Waals surface area contributed by atoms with Crippen molar-refractivity contribution in [2.75, 3.05) is 6.61 Å². The lowest BCUT2D eigenvalue weighted by Gasteiger charge is -2.28. The van der Waals surface area contributed by atoms with Crippen LogP contribution in [0.4, 0.5) is 0 Å². The van der Waals surface area contributed by atoms with E-state index in [0.29, 0.717) is 16.8 Å². The van der Waals surface area contributed by atoms with E-state index in [9.17, 15) is 9.90 Å². The average Bonchev–Trinajstić information content (AvgIpc) is 2.55. The molecular weight excluding hydrogens is 280 g/mol. The van der Waals surface area contributed by atoms with E-state index in [2.05, 4.69) is 10.3 Å². The van der Waals surface area contributed by atoms with Gasteiger partial charge in [-0.3, -0.25) is 9.78 Å². The number of nitrogens with one attached hydrogen (secondary N) is 1. The second kappa shape index (κ2) is 6.32. The second-order valence-electron chi connectivity index (χ2n) is 5.91. The summed E-state index contributed by atoms with van der Waals surface area (Å²) in [6.45, 7) is 0.219. The van der Waals surface area contributed by atoms with Crippen molar-refractivity contribution < 1.29 is 15.0 Å². The summed E-state index contributed by atoms with van der Waals surface area (Å²) in [4.78, 5) is 16.7. The first kappa shape index (κ1) is 14.8. The van der Waals surface area contributed by atoms with Gasteiger partial charge >= 0.3 is 0 Å². The van der Waals surface area contributed by atoms with Gasteiger partial charge in [0.25, 0.3) is 5.91 Å². The van der Waals surface area contributed by atoms with Gasteiger partial charge in [-0.1, -0.05) is 18.2 Å². The molecule has 1 heterocycles. The maximum atomic E-state index is 12.6. The maximum absolute atomic E-state index is 12.6. The fraction of sp³-hybridized carbons (Fsp3) is 0.412. The Morgan fingerprint density at radius 1 is 1.23 bits per heavy atom. The normalized spacial score (nSPS) is 21.7. The summed E-state index contributed by atoms with van der Waals surface area (Å²) in [5.74, 6) is -0.00731. The lowest BCUT2D eigenvalue weighted by molar-refractivity contribution is 0.0913. The topological polar surface area (TPSA) is 82.5 Å². The van der Waals surface area contributed by atoms with Crippen LogP contribution in [-0.2, 0) is 0 Å². The molecule has 0 aliphatic heterocycles. The van der Waals surface area contributed by atoms with Crippen LogP contribution >= 0.6 is 0 Å². The van der Waals surface area contributed by atoms with E-state index in [1.54, 1.807) is 6.07 Å². The van der Waals surface area contributed by atoms with Gasteiger partial charge in [-0.25, -0.2) is 0 Å². The molecule has 0 saturated heterocycles. The SMILES string of the molecule is O=C(NC1CCC(CO)CC1)c1c(O)cnc2ccccc12. The number of hydrogen-bond acceptors (Lipinski definition) is 4. The Morgan fingerprint density at radius 2 is 1.95 bits per heavy atom. The van der Waals surface area contributed by atoms with Crippen molar-refractivity contribution in [2.45, 2.75) is 31.7 Å². The number of aromatic nitrogens is 1. The molecule has 3 rings (SSSR count). The van der Waals surface area contributed by atoms with Crippen LogP contribution in [0.2, 0.25) is 0 Å². The van der Waals surface area contributed by atoms with Gasteiger partial charge in [0, 0.05) is 18.0 Å². The van der Waals surface area contributed by atoms with Crippen LogP contribution in [0.15, 0.2) is 30.5 Å². The second-order valence-corrected chi connectivity index (χ2v) is 5.91. The number of benzene rings is 1. The highest BCUT2D eigenvalue weighted by molar-refractivity contribution is 6.08. The molecule has 1 aromatic carbocycles. The minimum absolute atomic E-state index is 0.0970. The summed E-state index contributed by atoms with van der Waals surface area (Å²) < 4.78 is 0. The van der Waals surface area contributed by atoms with E-state index in [4.69, 9.17) is 5.11 Å². The predicted octanol–water partition coefficient (Wildman–Crippen LogP) is 2.22. The van der Waals surface area contributed by atoms with E-state index >= 15 is 0 Å². The number of aliphatic hydroxyl groups is 1. The number of amides is 1. The number of rotatable bonds is 3. The molecule has 1 saturated carbocycles. The molecule has 0 unspecified atom stereocenters. The van der Waals surface area contributed by atoms with Crippen molar-refractivity contribution in [2.24, 2.45) is 5.92 Å². The number of nitrogens with zero attached hydrogens (tertiary/aromatic N) is 1. The van der Waals surface area contributed by atoms with Crippen LogP contribution in [0, 0.1) is 5.92 Å². The first-order valence-electron chi connectivity index (χ1n) is 7.67. The Labute approximate surface area is 129 Å². The first-order chi connectivity index (χ1) is 10.7. The molecule has 0 radical (unpaired) electrons. The smallest absolute Gasteiger partial charge is 0.256 e. The maximum Gasteiger partial charge on any atom is 0.256 e. The fourth-order valence-electron chi connectivity index (χ4n) is 3.12. The molecule has 3 N–H and O–H groups in total. The Bertz CT molecular complexity index is 679. The summed E-state index contributed by atoms with van der Waals surface area (Å²) in [7, 11) is 0. The Morgan fingerprint density at radius 3 is 2.68 bits per heavy atom. The van der Waals surface area contributed by atoms with E-state index < -0.39 is 0 Å². The third-order valence-corrected chi connectivity index (χ3v) is 4.42. The molecule has 116 valence electrons. The van der Waals surface area contributed by atoms with Crippen LogP contribution in [0.25, 0.3) is 10.9 Å². The van der Waals surface area contributed by atoms with Crippen molar-refractivity contribution in [3.63, 3.8) is 0 Å². The summed E-state index contributed by atoms with van der Waals surface area (Å²) in [5.41, 5.74) is 0.976. The molecule has 5 heteroatoms. The molecule has 2 aromatic rings. The highest BCUT2D eigenvalue weighted by Gasteiger charge is 2.24. The van der Waals surface area contributed by atoms with Gasteiger partial charge in [-0.05, 0) is 37.7 Å². The van der Waals surface area contributed by atoms with Gasteiger partial charge < -0.3 is 15.5 Å². The number of aromatic hydroxyl groups is 1. The van der Waals surface area contributed by atoms with Gasteiger partial charge in [0.2, 0.25) is 0 Å². The van der Waals surface area contributed by atoms with E-state index in [1.165, 1.54) is 6.20 Å². The highest BCUT2D eigenvalue weighted by atomic mass is 16.3. The van der Waals surface area contributed by atoms with Crippen molar-refractivity contribution in [1.82, 2.24) is 10.3 Å². The molecule has 0 spiro atoms. The number of para-hydroxylation sites is 1. The van der Waals surface area contributed by atoms with E-state index in [1.807, 2.05) is 18.2 Å². The summed E-state index contributed by atoms with van der Waals surface area (Å²) in [6, 6.07) is 7.38. The van der Waals surface area contributed by atoms with Gasteiger partial charge in [0.15, 0.2) is 0 Å². The molecule has 1 amide bonds. The van der Waals surface area contributed by atoms with E-state index in [0.717, 1.165) is 25.7 Å². The largest absolute Gasteiger partial charge is 0.505 e. The van der Waals surface area contributed by atoms with Crippen molar-refractivity contribution in [3.05, 3.63) is 36.0 Å². The van der Waals surface area contributed by atoms with Gasteiger partial charge in [-0.15, -0.1) is 0 Å². The van der Waals surface area contributed by atoms with Crippen LogP contribution in [-0.4, -0.2) is 33.8 Å². The Balaban J connectivity index is 1.79. The third kappa shape index (κ3) is 2.90. The zero-order chi connectivity index (χ0) is 15.5. The lowest BCUT2D eigenvalue weighted by atomic mass is 9.86. The minimum atomic E-state index is -0.261. The molecule has 1 aliphatic carbocycles. The van der Waals surface area contributed by atoms with Crippen molar-refractivity contribution in [3.8, 4) is 5.75 Å². The van der Waals surface area contributed by atoms with Crippen LogP contribution in [0.5, 0.6) is 5.75 Å². The zero-order valence-electron chi connectivity index (χ0n) is 12.3. The summed E-state index contributed by atoms with van der Waals surface area (Å²) >= 11 is 0. The number of carbonyl (C=O) groups is 1. The van der Waals surface area contributed by atoms with Gasteiger partial charge in [-0.2, -0.15) is 0 Å². The summed E-state index contributed by atoms with van der Waals surface area (Å²) in [6.07, 6.45) is 4.89. The standard InChI is InChI=1S/C17H20N2O3/c20-10-11-5-7-12(8-6-11)19-17(22)16-13-3-1-2-4-14(13)18-9-15(16)21/h1-4,9,11-12,20-21H,5-8,10H2,(H,19,22). The molecule has 1 fully saturated rings. The van der Waals surface area contributed by atoms with Gasteiger partial charge in [0.1, 0.15) is 5.75 Å². The monoisotopic (exact) mass is 300 g/mol. The predicted molar refractivity (Wildman–Crippen MR) is 83.7 cm³/mol. The van der Waals surface area contributed by atoms with Crippen LogP contribution in [0.3, 0.4) is 0 Å². The van der Waals surface area contributed by atoms with Crippen LogP contribution in [0.1, 0.15) is 36.0 Å². The highest BCUT2D eigenvalue weighted by Crippen LogP contribution is 2.27. The number of aliphatic hydroxyl groups excluding tert-OH is 1. The number of fused-ring (bicyclic) bond motifs is 1. The molecule has 0 bridgehead atoms. The fourth-order valence-corrected chi connectivity index (χ4v) is 3.12. The third-order valence-electron chi connectivity index (χ3n) is 4.42. The van der Waals surface area contributed by atoms with Crippen LogP contribution < -0.4 is 5.32 Å². The number of pyridine rings is 1. The Hall–Kier alpha value is -2.14. The molecule has 1 aliphatic rings. The molecule has 0 atom stereocenters. The number of hydrogen-bond donors (Lipinski definition) is 3. The molecular formula is C17H20N2O3. The Kier molecular flexibility index (Phi) is 4.24. The average molecular weight is 300 g/mol. The van der Waals surface area contributed by atoms with E-state index in [-0.39, 0.29) is 29.9 Å². The minimum Gasteiger partial charge on any atom is -0.505 e. The zero-order valence-corrected chi connectivity index (χ0v) is 12.3. The molecule has 5 nitrogen and oxygen atoms in total. The number of carbonyl (C=O) groups excluding carboxylic acids is 1. The summed E-state index contributed by atoms with van der Waals surface area (Å²) in [5, 5.41) is 22.9. The molecule has 1 aromatic heterocycles. The quantitative estimate of drug-likeness (QED) is 0.811. The van der Waals surface area contributed by atoms with Crippen molar-refractivity contribution in [1.29, 1.82) is 0 Å². The molecule has 22 heavy (non-hydrogen) atoms.